The minimum absolute atomic E-state index is 0.165. The number of epoxide rings is 1. The van der Waals surface area contributed by atoms with Gasteiger partial charge in [-0.05, 0) is 38.3 Å². The molecule has 1 fully saturated rings. The summed E-state index contributed by atoms with van der Waals surface area (Å²) in [5.74, 6) is -0.316. The number of rotatable bonds is 9. The molecular weight excluding hydrogens is 280 g/mol. The number of esters is 1. The average Bonchev–Trinajstić information content (AvgIpc) is 3.17. The van der Waals surface area contributed by atoms with Crippen LogP contribution in [0.4, 0.5) is 0 Å². The Morgan fingerprint density at radius 1 is 1.36 bits per heavy atom. The Morgan fingerprint density at radius 3 is 2.86 bits per heavy atom. The molecule has 2 atom stereocenters. The normalized spacial score (nSPS) is 23.6. The Balaban J connectivity index is 1.58. The van der Waals surface area contributed by atoms with E-state index in [1.807, 2.05) is 25.1 Å². The fraction of sp³-hybridized carbons (Fsp3) is 0.500. The predicted octanol–water partition coefficient (Wildman–Crippen LogP) is 3.26. The minimum atomic E-state index is -0.327. The van der Waals surface area contributed by atoms with E-state index in [1.54, 1.807) is 13.0 Å². The highest BCUT2D eigenvalue weighted by Gasteiger charge is 2.49. The Hall–Kier alpha value is -1.65. The Kier molecular flexibility index (Phi) is 6.16. The van der Waals surface area contributed by atoms with Crippen LogP contribution in [-0.4, -0.2) is 30.9 Å². The van der Waals surface area contributed by atoms with Crippen molar-refractivity contribution >= 4 is 5.97 Å². The van der Waals surface area contributed by atoms with Crippen LogP contribution < -0.4 is 0 Å². The SMILES string of the molecule is CCOC(=O)/C=C/[C@@]1(C)O[C@@H]1CCCOCc1ccccc1. The highest BCUT2D eigenvalue weighted by atomic mass is 16.6. The van der Waals surface area contributed by atoms with Crippen LogP contribution in [0.25, 0.3) is 0 Å². The summed E-state index contributed by atoms with van der Waals surface area (Å²) >= 11 is 0. The number of ether oxygens (including phenoxy) is 3. The monoisotopic (exact) mass is 304 g/mol. The molecule has 4 heteroatoms. The Morgan fingerprint density at radius 2 is 2.14 bits per heavy atom. The van der Waals surface area contributed by atoms with Gasteiger partial charge in [0.05, 0.1) is 19.3 Å². The summed E-state index contributed by atoms with van der Waals surface area (Å²) in [6.45, 7) is 5.53. The highest BCUT2D eigenvalue weighted by molar-refractivity contribution is 5.82. The van der Waals surface area contributed by atoms with Gasteiger partial charge in [-0.15, -0.1) is 0 Å². The summed E-state index contributed by atoms with van der Waals surface area (Å²) < 4.78 is 16.2. The van der Waals surface area contributed by atoms with Crippen molar-refractivity contribution in [2.75, 3.05) is 13.2 Å². The molecule has 0 aliphatic carbocycles. The molecule has 0 amide bonds. The smallest absolute Gasteiger partial charge is 0.330 e. The second kappa shape index (κ2) is 8.11. The van der Waals surface area contributed by atoms with E-state index in [0.29, 0.717) is 19.8 Å². The van der Waals surface area contributed by atoms with Crippen LogP contribution >= 0.6 is 0 Å². The number of carbonyl (C=O) groups is 1. The Bertz CT molecular complexity index is 497. The lowest BCUT2D eigenvalue weighted by molar-refractivity contribution is -0.137. The Labute approximate surface area is 132 Å². The number of benzene rings is 1. The molecule has 0 spiro atoms. The van der Waals surface area contributed by atoms with Gasteiger partial charge in [-0.2, -0.15) is 0 Å². The van der Waals surface area contributed by atoms with Gasteiger partial charge in [-0.1, -0.05) is 30.3 Å². The summed E-state index contributed by atoms with van der Waals surface area (Å²) in [4.78, 5) is 11.3. The van der Waals surface area contributed by atoms with Crippen molar-refractivity contribution in [3.05, 3.63) is 48.0 Å². The van der Waals surface area contributed by atoms with E-state index in [1.165, 1.54) is 11.6 Å². The largest absolute Gasteiger partial charge is 0.463 e. The van der Waals surface area contributed by atoms with Gasteiger partial charge in [0.25, 0.3) is 0 Å². The molecule has 0 aromatic heterocycles. The van der Waals surface area contributed by atoms with Gasteiger partial charge in [0.2, 0.25) is 0 Å². The van der Waals surface area contributed by atoms with Crippen molar-refractivity contribution < 1.29 is 19.0 Å². The highest BCUT2D eigenvalue weighted by Crippen LogP contribution is 2.40. The van der Waals surface area contributed by atoms with Crippen LogP contribution in [0.15, 0.2) is 42.5 Å². The quantitative estimate of drug-likeness (QED) is 0.304. The van der Waals surface area contributed by atoms with E-state index < -0.39 is 0 Å². The zero-order chi connectivity index (χ0) is 15.8. The molecule has 120 valence electrons. The topological polar surface area (TPSA) is 48.1 Å². The van der Waals surface area contributed by atoms with Crippen LogP contribution in [0.1, 0.15) is 32.3 Å². The molecule has 4 nitrogen and oxygen atoms in total. The lowest BCUT2D eigenvalue weighted by atomic mass is 10.0. The van der Waals surface area contributed by atoms with Gasteiger partial charge in [-0.3, -0.25) is 0 Å². The molecule has 1 aliphatic rings. The lowest BCUT2D eigenvalue weighted by Crippen LogP contribution is -2.09. The van der Waals surface area contributed by atoms with Crippen molar-refractivity contribution in [2.24, 2.45) is 0 Å². The van der Waals surface area contributed by atoms with Crippen molar-refractivity contribution in [3.63, 3.8) is 0 Å². The molecule has 22 heavy (non-hydrogen) atoms. The van der Waals surface area contributed by atoms with Gasteiger partial charge in [-0.25, -0.2) is 4.79 Å². The van der Waals surface area contributed by atoms with Crippen molar-refractivity contribution in [3.8, 4) is 0 Å². The van der Waals surface area contributed by atoms with Crippen LogP contribution in [0.3, 0.4) is 0 Å². The fourth-order valence-corrected chi connectivity index (χ4v) is 2.32. The first-order valence-corrected chi connectivity index (χ1v) is 7.79. The average molecular weight is 304 g/mol. The van der Waals surface area contributed by atoms with Crippen LogP contribution in [0.2, 0.25) is 0 Å². The van der Waals surface area contributed by atoms with Gasteiger partial charge in [0, 0.05) is 12.7 Å². The maximum absolute atomic E-state index is 11.3. The van der Waals surface area contributed by atoms with Crippen molar-refractivity contribution in [1.29, 1.82) is 0 Å². The van der Waals surface area contributed by atoms with Crippen LogP contribution in [0.5, 0.6) is 0 Å². The van der Waals surface area contributed by atoms with Crippen molar-refractivity contribution in [2.45, 2.75) is 45.0 Å². The van der Waals surface area contributed by atoms with Gasteiger partial charge in [0.15, 0.2) is 0 Å². The number of hydrogen-bond acceptors (Lipinski definition) is 4. The summed E-state index contributed by atoms with van der Waals surface area (Å²) in [7, 11) is 0. The third-order valence-corrected chi connectivity index (χ3v) is 3.68. The molecule has 1 aromatic carbocycles. The molecule has 0 N–H and O–H groups in total. The van der Waals surface area contributed by atoms with Gasteiger partial charge < -0.3 is 14.2 Å². The molecule has 2 rings (SSSR count). The fourth-order valence-electron chi connectivity index (χ4n) is 2.32. The maximum atomic E-state index is 11.3. The summed E-state index contributed by atoms with van der Waals surface area (Å²) in [6, 6.07) is 10.1. The van der Waals surface area contributed by atoms with Gasteiger partial charge >= 0.3 is 5.97 Å². The van der Waals surface area contributed by atoms with Crippen molar-refractivity contribution in [1.82, 2.24) is 0 Å². The second-order valence-electron chi connectivity index (χ2n) is 5.56. The van der Waals surface area contributed by atoms with E-state index in [-0.39, 0.29) is 17.7 Å². The van der Waals surface area contributed by atoms with Crippen LogP contribution in [-0.2, 0) is 25.6 Å². The minimum Gasteiger partial charge on any atom is -0.463 e. The van der Waals surface area contributed by atoms with E-state index in [9.17, 15) is 4.79 Å². The zero-order valence-electron chi connectivity index (χ0n) is 13.3. The molecule has 1 heterocycles. The van der Waals surface area contributed by atoms with E-state index >= 15 is 0 Å². The standard InChI is InChI=1S/C18H24O4/c1-3-21-17(19)11-12-18(2)16(22-18)10-7-13-20-14-15-8-5-4-6-9-15/h4-6,8-9,11-12,16H,3,7,10,13-14H2,1-2H3/b12-11+/t16-,18-/m1/s1. The molecular formula is C18H24O4. The van der Waals surface area contributed by atoms with E-state index in [2.05, 4.69) is 12.1 Å². The first-order valence-electron chi connectivity index (χ1n) is 7.79. The lowest BCUT2D eigenvalue weighted by Gasteiger charge is -2.04. The van der Waals surface area contributed by atoms with E-state index in [0.717, 1.165) is 12.8 Å². The molecule has 0 unspecified atom stereocenters. The molecule has 1 aliphatic heterocycles. The van der Waals surface area contributed by atoms with Gasteiger partial charge in [0.1, 0.15) is 5.60 Å². The number of carbonyl (C=O) groups excluding carboxylic acids is 1. The molecule has 0 bridgehead atoms. The summed E-state index contributed by atoms with van der Waals surface area (Å²) in [5.41, 5.74) is 0.860. The molecule has 1 saturated heterocycles. The molecule has 1 aromatic rings. The molecule has 0 saturated carbocycles. The second-order valence-corrected chi connectivity index (χ2v) is 5.56. The summed E-state index contributed by atoms with van der Waals surface area (Å²) in [6.07, 6.45) is 5.29. The maximum Gasteiger partial charge on any atom is 0.330 e. The number of hydrogen-bond donors (Lipinski definition) is 0. The molecule has 0 radical (unpaired) electrons. The predicted molar refractivity (Wildman–Crippen MR) is 84.4 cm³/mol. The first kappa shape index (κ1) is 16.7. The summed E-state index contributed by atoms with van der Waals surface area (Å²) in [5, 5.41) is 0. The zero-order valence-corrected chi connectivity index (χ0v) is 13.3. The first-order chi connectivity index (χ1) is 10.6. The third-order valence-electron chi connectivity index (χ3n) is 3.68. The third kappa shape index (κ3) is 5.28. The van der Waals surface area contributed by atoms with E-state index in [4.69, 9.17) is 14.2 Å². The van der Waals surface area contributed by atoms with Crippen LogP contribution in [0, 0.1) is 0 Å².